The van der Waals surface area contributed by atoms with Crippen molar-refractivity contribution < 1.29 is 229 Å². The van der Waals surface area contributed by atoms with E-state index in [1.807, 2.05) is 0 Å². The molecule has 0 unspecified atom stereocenters. The number of aliphatic hydroxyl groups is 29. The SMILES string of the molecule is CC(=O)N[C@@H](CO)[C@@H](O)[C@H](O[C@@H]1O[C@H](CO[C@H]2O[C@H](CO[C@H]3O[C@H](CO)[C@@H](O)[C@H](O)[C@@H]3O)[C@@H](O)[C@H](O[C@H]3O[C@H](CO)[C@@H](O)[C@H](O)[C@@H]3O)[C@@H]2O)[C@@H](O)[C@H](O[C@H]2O[C@H](CO)[C@@H](O)[C@H](O)[C@@H]2O[C@H]2O[C@H](CO)[C@@H](O)[C@H](O)[C@@H]2O[C@H]2O[C@H](CO)[C@@H](O)[C@H](O[C@H]3O[C@H](CO)[C@@H](O)[C@H](O)[C@H]3O)[C@@H]2O)[C@@H]1O)[C@H](O)CO. The molecular weight excluding hydrogens is 1420 g/mol. The summed E-state index contributed by atoms with van der Waals surface area (Å²) in [6.45, 7) is -10.1. The Labute approximate surface area is 581 Å². The Balaban J connectivity index is 1.12. The van der Waals surface area contributed by atoms with Gasteiger partial charge in [-0.25, -0.2) is 0 Å². The lowest BCUT2D eigenvalue weighted by Gasteiger charge is -2.50. The largest absolute Gasteiger partial charge is 0.394 e. The Morgan fingerprint density at radius 3 is 0.961 bits per heavy atom. The number of rotatable bonds is 30. The summed E-state index contributed by atoms with van der Waals surface area (Å²) in [4.78, 5) is 12.2. The van der Waals surface area contributed by atoms with E-state index in [0.717, 1.165) is 6.92 Å². The second-order valence-electron chi connectivity index (χ2n) is 25.8. The maximum absolute atomic E-state index is 12.4. The van der Waals surface area contributed by atoms with Crippen LogP contribution in [0.4, 0.5) is 0 Å². The molecular formula is C56H97NO46. The van der Waals surface area contributed by atoms with Crippen LogP contribution in [-0.2, 0) is 80.6 Å². The molecule has 0 aliphatic carbocycles. The number of ether oxygens (including phenoxy) is 16. The minimum atomic E-state index is -2.59. The quantitative estimate of drug-likeness (QED) is 0.0318. The van der Waals surface area contributed by atoms with E-state index < -0.39 is 342 Å². The molecule has 0 saturated carbocycles. The summed E-state index contributed by atoms with van der Waals surface area (Å²) in [7, 11) is 0. The minimum absolute atomic E-state index is 0.878. The van der Waals surface area contributed by atoms with Gasteiger partial charge in [-0.15, -0.1) is 0 Å². The molecule has 47 heteroatoms. The lowest BCUT2D eigenvalue weighted by atomic mass is 9.95. The summed E-state index contributed by atoms with van der Waals surface area (Å²) in [5.41, 5.74) is 0. The van der Waals surface area contributed by atoms with Crippen LogP contribution in [0.25, 0.3) is 0 Å². The Hall–Kier alpha value is -2.33. The Morgan fingerprint density at radius 2 is 0.583 bits per heavy atom. The number of carbonyl (C=O) groups is 1. The number of carbonyl (C=O) groups excluding carboxylic acids is 1. The average Bonchev–Trinajstić information content (AvgIpc) is 0.773. The van der Waals surface area contributed by atoms with E-state index in [2.05, 4.69) is 5.32 Å². The zero-order valence-electron chi connectivity index (χ0n) is 54.4. The fraction of sp³-hybridized carbons (Fsp3) is 0.982. The molecule has 8 rings (SSSR count). The highest BCUT2D eigenvalue weighted by atomic mass is 16.8. The molecule has 0 aromatic rings. The summed E-state index contributed by atoms with van der Waals surface area (Å²) in [5, 5.41) is 318. The predicted molar refractivity (Wildman–Crippen MR) is 311 cm³/mol. The van der Waals surface area contributed by atoms with Gasteiger partial charge in [0.05, 0.1) is 72.1 Å². The first-order valence-electron chi connectivity index (χ1n) is 32.6. The minimum Gasteiger partial charge on any atom is -0.394 e. The van der Waals surface area contributed by atoms with Gasteiger partial charge in [0.1, 0.15) is 214 Å². The summed E-state index contributed by atoms with van der Waals surface area (Å²) < 4.78 is 92.0. The third-order valence-electron chi connectivity index (χ3n) is 18.8. The van der Waals surface area contributed by atoms with Crippen molar-refractivity contribution in [1.29, 1.82) is 0 Å². The Kier molecular flexibility index (Phi) is 31.9. The van der Waals surface area contributed by atoms with E-state index in [1.165, 1.54) is 0 Å². The highest BCUT2D eigenvalue weighted by Gasteiger charge is 2.60. The molecule has 47 nitrogen and oxygen atoms in total. The zero-order valence-corrected chi connectivity index (χ0v) is 54.4. The van der Waals surface area contributed by atoms with Crippen molar-refractivity contribution in [3.63, 3.8) is 0 Å². The summed E-state index contributed by atoms with van der Waals surface area (Å²) in [6, 6.07) is -1.75. The van der Waals surface area contributed by atoms with Crippen LogP contribution in [0, 0.1) is 0 Å². The van der Waals surface area contributed by atoms with Crippen LogP contribution >= 0.6 is 0 Å². The van der Waals surface area contributed by atoms with E-state index in [4.69, 9.17) is 75.8 Å². The molecule has 103 heavy (non-hydrogen) atoms. The summed E-state index contributed by atoms with van der Waals surface area (Å²) >= 11 is 0. The lowest BCUT2D eigenvalue weighted by molar-refractivity contribution is -0.410. The van der Waals surface area contributed by atoms with Gasteiger partial charge in [0.2, 0.25) is 5.91 Å². The van der Waals surface area contributed by atoms with Gasteiger partial charge in [-0.2, -0.15) is 0 Å². The number of hydrogen-bond acceptors (Lipinski definition) is 46. The molecule has 8 heterocycles. The molecule has 8 aliphatic rings. The highest BCUT2D eigenvalue weighted by Crippen LogP contribution is 2.39. The first-order chi connectivity index (χ1) is 48.7. The normalized spacial score (nSPS) is 49.1. The van der Waals surface area contributed by atoms with E-state index in [0.29, 0.717) is 0 Å². The molecule has 1 amide bonds. The number of hydrogen-bond donors (Lipinski definition) is 30. The predicted octanol–water partition coefficient (Wildman–Crippen LogP) is -20.8. The molecule has 30 N–H and O–H groups in total. The molecule has 0 radical (unpaired) electrons. The van der Waals surface area contributed by atoms with Gasteiger partial charge in [-0.05, 0) is 0 Å². The van der Waals surface area contributed by atoms with E-state index >= 15 is 0 Å². The van der Waals surface area contributed by atoms with Gasteiger partial charge in [0.25, 0.3) is 0 Å². The Bertz CT molecular complexity index is 2530. The van der Waals surface area contributed by atoms with Crippen molar-refractivity contribution in [2.45, 2.75) is 277 Å². The molecule has 8 fully saturated rings. The van der Waals surface area contributed by atoms with Crippen molar-refractivity contribution in [2.75, 3.05) is 66.1 Å². The van der Waals surface area contributed by atoms with E-state index in [-0.39, 0.29) is 0 Å². The third-order valence-corrected chi connectivity index (χ3v) is 18.8. The summed E-state index contributed by atoms with van der Waals surface area (Å²) in [6.07, 6.45) is -92.9. The topological polar surface area (TPSA) is 763 Å². The van der Waals surface area contributed by atoms with Gasteiger partial charge in [0, 0.05) is 6.92 Å². The number of amides is 1. The lowest BCUT2D eigenvalue weighted by Crippen LogP contribution is -2.69. The molecule has 0 aromatic carbocycles. The van der Waals surface area contributed by atoms with Crippen molar-refractivity contribution in [2.24, 2.45) is 0 Å². The standard InChI is InChI=1S/C56H97NO46/c1-12(66)57-13(2-58)23(68)43(14(67)3-59)98-54-42(87)46(31(76)22(97-54)11-89-50-40(85)45(100-52-39(84)34(79)26(71)17(6-62)92-52)30(75)21(96-50)10-88-49-37(82)32(77)24(69)15(4-60)90-49)101-55-48(36(81)28(73)18(7-63)94-55)103-56-47(35(80)27(72)19(8-64)95-56)102-53-41(86)44(29(74)20(9-65)93-53)99-51-38(83)33(78)25(70)16(5-61)91-51/h13-56,58-65,67-87H,2-11H2,1H3,(H,57,66)/t13-,14+,15+,16+,17+,18+,19+,20+,21+,22+,23+,24+,25+,26+,27+,28+,29+,30+,31+,32-,33-,34-,35-,36-,37-,38+,39-,40-,41-,42-,43+,44-,45-,46-,47-,48-,49-,50-,51+,52+,53+,54-,55+,56+/m0/s1. The maximum atomic E-state index is 12.4. The van der Waals surface area contributed by atoms with Crippen LogP contribution in [0.2, 0.25) is 0 Å². The van der Waals surface area contributed by atoms with Gasteiger partial charge in [-0.3, -0.25) is 4.79 Å². The smallest absolute Gasteiger partial charge is 0.217 e. The first kappa shape index (κ1) is 86.3. The molecule has 0 aromatic heterocycles. The second-order valence-corrected chi connectivity index (χ2v) is 25.8. The van der Waals surface area contributed by atoms with Gasteiger partial charge >= 0.3 is 0 Å². The number of aliphatic hydroxyl groups excluding tert-OH is 29. The molecule has 0 bridgehead atoms. The average molecular weight is 1520 g/mol. The Morgan fingerprint density at radius 1 is 0.311 bits per heavy atom. The zero-order chi connectivity index (χ0) is 76.1. The molecule has 8 saturated heterocycles. The monoisotopic (exact) mass is 1520 g/mol. The second kappa shape index (κ2) is 38.1. The van der Waals surface area contributed by atoms with Gasteiger partial charge < -0.3 is 229 Å². The molecule has 44 atom stereocenters. The number of nitrogens with one attached hydrogen (secondary N) is 1. The molecule has 8 aliphatic heterocycles. The molecule has 0 spiro atoms. The third kappa shape index (κ3) is 19.0. The molecule has 602 valence electrons. The first-order valence-corrected chi connectivity index (χ1v) is 32.6. The summed E-state index contributed by atoms with van der Waals surface area (Å²) in [5.74, 6) is -0.878. The fourth-order valence-corrected chi connectivity index (χ4v) is 12.7. The van der Waals surface area contributed by atoms with Crippen LogP contribution in [0.15, 0.2) is 0 Å². The van der Waals surface area contributed by atoms with Crippen molar-refractivity contribution in [3.8, 4) is 0 Å². The van der Waals surface area contributed by atoms with Crippen molar-refractivity contribution in [3.05, 3.63) is 0 Å². The van der Waals surface area contributed by atoms with Gasteiger partial charge in [-0.1, -0.05) is 0 Å². The van der Waals surface area contributed by atoms with Crippen LogP contribution in [-0.4, -0.2) is 490 Å². The maximum Gasteiger partial charge on any atom is 0.217 e. The van der Waals surface area contributed by atoms with Crippen molar-refractivity contribution in [1.82, 2.24) is 5.32 Å². The van der Waals surface area contributed by atoms with Crippen molar-refractivity contribution >= 4 is 5.91 Å². The van der Waals surface area contributed by atoms with Crippen LogP contribution in [0.3, 0.4) is 0 Å². The van der Waals surface area contributed by atoms with E-state index in [1.54, 1.807) is 0 Å². The van der Waals surface area contributed by atoms with Crippen LogP contribution < -0.4 is 5.32 Å². The highest BCUT2D eigenvalue weighted by molar-refractivity contribution is 5.73. The van der Waals surface area contributed by atoms with Gasteiger partial charge in [0.15, 0.2) is 50.3 Å². The van der Waals surface area contributed by atoms with Crippen LogP contribution in [0.5, 0.6) is 0 Å². The fourth-order valence-electron chi connectivity index (χ4n) is 12.7. The van der Waals surface area contributed by atoms with E-state index in [9.17, 15) is 153 Å². The van der Waals surface area contributed by atoms with Crippen LogP contribution in [0.1, 0.15) is 6.92 Å².